The first kappa shape index (κ1) is 20.1. The molecular weight excluding hydrogens is 368 g/mol. The monoisotopic (exact) mass is 392 g/mol. The van der Waals surface area contributed by atoms with E-state index in [0.717, 1.165) is 16.9 Å². The second-order valence-electron chi connectivity index (χ2n) is 6.49. The first-order valence-corrected chi connectivity index (χ1v) is 9.38. The highest BCUT2D eigenvalue weighted by Gasteiger charge is 2.09. The van der Waals surface area contributed by atoms with E-state index in [1.807, 2.05) is 43.3 Å². The molecule has 0 atom stereocenters. The Morgan fingerprint density at radius 2 is 1.83 bits per heavy atom. The lowest BCUT2D eigenvalue weighted by atomic mass is 10.1. The van der Waals surface area contributed by atoms with Crippen LogP contribution in [0.1, 0.15) is 27.9 Å². The van der Waals surface area contributed by atoms with Gasteiger partial charge in [0.2, 0.25) is 5.95 Å². The number of hydrogen-bond donors (Lipinski definition) is 2. The first-order chi connectivity index (χ1) is 14.1. The largest absolute Gasteiger partial charge is 0.494 e. The van der Waals surface area contributed by atoms with E-state index < -0.39 is 0 Å². The Morgan fingerprint density at radius 1 is 1.07 bits per heavy atom. The highest BCUT2D eigenvalue weighted by molar-refractivity contribution is 5.94. The predicted molar refractivity (Wildman–Crippen MR) is 111 cm³/mol. The lowest BCUT2D eigenvalue weighted by Crippen LogP contribution is -2.25. The van der Waals surface area contributed by atoms with Crippen molar-refractivity contribution in [3.8, 4) is 11.5 Å². The molecule has 0 radical (unpaired) electrons. The van der Waals surface area contributed by atoms with Crippen LogP contribution in [0.2, 0.25) is 0 Å². The fourth-order valence-electron chi connectivity index (χ4n) is 2.58. The van der Waals surface area contributed by atoms with E-state index >= 15 is 0 Å². The number of hydrogen-bond acceptors (Lipinski definition) is 6. The summed E-state index contributed by atoms with van der Waals surface area (Å²) in [4.78, 5) is 20.3. The van der Waals surface area contributed by atoms with Gasteiger partial charge in [-0.25, -0.2) is 9.97 Å². The van der Waals surface area contributed by atoms with Gasteiger partial charge in [-0.3, -0.25) is 4.79 Å². The van der Waals surface area contributed by atoms with Crippen molar-refractivity contribution in [1.29, 1.82) is 0 Å². The van der Waals surface area contributed by atoms with Gasteiger partial charge in [-0.05, 0) is 43.2 Å². The minimum absolute atomic E-state index is 0.148. The number of benzene rings is 2. The lowest BCUT2D eigenvalue weighted by molar-refractivity contribution is 0.0951. The molecule has 0 aliphatic heterocycles. The second kappa shape index (κ2) is 10.1. The van der Waals surface area contributed by atoms with E-state index in [-0.39, 0.29) is 11.9 Å². The quantitative estimate of drug-likeness (QED) is 0.543. The maximum Gasteiger partial charge on any atom is 0.251 e. The standard InChI is InChI=1S/C22H24N4O3/c1-16-8-9-18(12-20(16)29-15-17-13-25-22(23)26-14-17)21(27)24-10-5-11-28-19-6-3-2-4-7-19/h2-4,6-9,12-14H,5,10-11,15H2,1H3,(H,24,27)(H2,23,25,26). The number of nitrogens with zero attached hydrogens (tertiary/aromatic N) is 2. The molecule has 150 valence electrons. The topological polar surface area (TPSA) is 99.4 Å². The van der Waals surface area contributed by atoms with Crippen LogP contribution < -0.4 is 20.5 Å². The van der Waals surface area contributed by atoms with Gasteiger partial charge in [-0.15, -0.1) is 0 Å². The van der Waals surface area contributed by atoms with E-state index in [0.29, 0.717) is 37.5 Å². The highest BCUT2D eigenvalue weighted by Crippen LogP contribution is 2.21. The highest BCUT2D eigenvalue weighted by atomic mass is 16.5. The Hall–Kier alpha value is -3.61. The van der Waals surface area contributed by atoms with E-state index in [9.17, 15) is 4.79 Å². The van der Waals surface area contributed by atoms with Crippen molar-refractivity contribution in [2.24, 2.45) is 0 Å². The number of nitrogen functional groups attached to an aromatic ring is 1. The number of nitrogens with two attached hydrogens (primary N) is 1. The van der Waals surface area contributed by atoms with E-state index in [1.54, 1.807) is 24.5 Å². The van der Waals surface area contributed by atoms with Crippen LogP contribution in [-0.4, -0.2) is 29.0 Å². The minimum atomic E-state index is -0.148. The number of carbonyl (C=O) groups excluding carboxylic acids is 1. The molecule has 3 rings (SSSR count). The summed E-state index contributed by atoms with van der Waals surface area (Å²) < 4.78 is 11.4. The number of rotatable bonds is 9. The molecule has 1 heterocycles. The second-order valence-corrected chi connectivity index (χ2v) is 6.49. The Kier molecular flexibility index (Phi) is 7.00. The number of nitrogens with one attached hydrogen (secondary N) is 1. The molecule has 2 aromatic carbocycles. The van der Waals surface area contributed by atoms with Gasteiger partial charge in [0.15, 0.2) is 0 Å². The summed E-state index contributed by atoms with van der Waals surface area (Å²) in [5, 5.41) is 2.90. The molecule has 0 aliphatic carbocycles. The van der Waals surface area contributed by atoms with Crippen molar-refractivity contribution in [1.82, 2.24) is 15.3 Å². The zero-order valence-corrected chi connectivity index (χ0v) is 16.3. The molecule has 7 heteroatoms. The Labute approximate surface area is 169 Å². The van der Waals surface area contributed by atoms with Gasteiger partial charge < -0.3 is 20.5 Å². The van der Waals surface area contributed by atoms with E-state index in [1.165, 1.54) is 0 Å². The smallest absolute Gasteiger partial charge is 0.251 e. The van der Waals surface area contributed by atoms with Crippen LogP contribution in [0.3, 0.4) is 0 Å². The maximum absolute atomic E-state index is 12.4. The number of amides is 1. The van der Waals surface area contributed by atoms with Gasteiger partial charge in [0, 0.05) is 30.1 Å². The number of aromatic nitrogens is 2. The molecule has 0 unspecified atom stereocenters. The number of carbonyl (C=O) groups is 1. The van der Waals surface area contributed by atoms with Crippen molar-refractivity contribution in [2.45, 2.75) is 20.0 Å². The summed E-state index contributed by atoms with van der Waals surface area (Å²) in [6.07, 6.45) is 3.95. The average molecular weight is 392 g/mol. The van der Waals surface area contributed by atoms with Crippen LogP contribution in [0.25, 0.3) is 0 Å². The number of para-hydroxylation sites is 1. The summed E-state index contributed by atoms with van der Waals surface area (Å²) >= 11 is 0. The molecule has 3 N–H and O–H groups in total. The fourth-order valence-corrected chi connectivity index (χ4v) is 2.58. The predicted octanol–water partition coefficient (Wildman–Crippen LogP) is 3.15. The zero-order valence-electron chi connectivity index (χ0n) is 16.3. The molecule has 29 heavy (non-hydrogen) atoms. The number of aryl methyl sites for hydroxylation is 1. The van der Waals surface area contributed by atoms with Crippen LogP contribution in [-0.2, 0) is 6.61 Å². The molecule has 1 amide bonds. The van der Waals surface area contributed by atoms with Crippen molar-refractivity contribution in [3.63, 3.8) is 0 Å². The SMILES string of the molecule is Cc1ccc(C(=O)NCCCOc2ccccc2)cc1OCc1cnc(N)nc1. The number of ether oxygens (including phenoxy) is 2. The molecule has 7 nitrogen and oxygen atoms in total. The molecule has 0 spiro atoms. The van der Waals surface area contributed by atoms with Gasteiger partial charge in [-0.2, -0.15) is 0 Å². The van der Waals surface area contributed by atoms with Gasteiger partial charge >= 0.3 is 0 Å². The molecule has 0 bridgehead atoms. The van der Waals surface area contributed by atoms with Gasteiger partial charge in [0.05, 0.1) is 6.61 Å². The lowest BCUT2D eigenvalue weighted by Gasteiger charge is -2.11. The van der Waals surface area contributed by atoms with Crippen LogP contribution in [0.5, 0.6) is 11.5 Å². The van der Waals surface area contributed by atoms with Crippen LogP contribution >= 0.6 is 0 Å². The molecular formula is C22H24N4O3. The molecule has 0 saturated carbocycles. The maximum atomic E-state index is 12.4. The summed E-state index contributed by atoms with van der Waals surface area (Å²) in [7, 11) is 0. The van der Waals surface area contributed by atoms with Crippen molar-refractivity contribution < 1.29 is 14.3 Å². The Morgan fingerprint density at radius 3 is 2.59 bits per heavy atom. The molecule has 3 aromatic rings. The van der Waals surface area contributed by atoms with Crippen LogP contribution in [0.15, 0.2) is 60.9 Å². The van der Waals surface area contributed by atoms with Gasteiger partial charge in [0.1, 0.15) is 18.1 Å². The third-order valence-corrected chi connectivity index (χ3v) is 4.19. The first-order valence-electron chi connectivity index (χ1n) is 9.38. The summed E-state index contributed by atoms with van der Waals surface area (Å²) in [6, 6.07) is 15.0. The van der Waals surface area contributed by atoms with Crippen molar-refractivity contribution in [2.75, 3.05) is 18.9 Å². The zero-order chi connectivity index (χ0) is 20.5. The average Bonchev–Trinajstić information content (AvgIpc) is 2.74. The third-order valence-electron chi connectivity index (χ3n) is 4.19. The normalized spacial score (nSPS) is 10.4. The molecule has 0 fully saturated rings. The van der Waals surface area contributed by atoms with Gasteiger partial charge in [0.25, 0.3) is 5.91 Å². The van der Waals surface area contributed by atoms with E-state index in [4.69, 9.17) is 15.2 Å². The fraction of sp³-hybridized carbons (Fsp3) is 0.227. The molecule has 0 saturated heterocycles. The summed E-state index contributed by atoms with van der Waals surface area (Å²) in [5.41, 5.74) is 7.77. The van der Waals surface area contributed by atoms with Crippen LogP contribution in [0, 0.1) is 6.92 Å². The molecule has 1 aromatic heterocycles. The molecule has 0 aliphatic rings. The van der Waals surface area contributed by atoms with Crippen molar-refractivity contribution >= 4 is 11.9 Å². The Balaban J connectivity index is 1.47. The number of anilines is 1. The summed E-state index contributed by atoms with van der Waals surface area (Å²) in [6.45, 7) is 3.29. The minimum Gasteiger partial charge on any atom is -0.494 e. The Bertz CT molecular complexity index is 931. The van der Waals surface area contributed by atoms with Crippen LogP contribution in [0.4, 0.5) is 5.95 Å². The van der Waals surface area contributed by atoms with E-state index in [2.05, 4.69) is 15.3 Å². The van der Waals surface area contributed by atoms with Gasteiger partial charge in [-0.1, -0.05) is 24.3 Å². The van der Waals surface area contributed by atoms with Crippen molar-refractivity contribution in [3.05, 3.63) is 77.6 Å². The summed E-state index contributed by atoms with van der Waals surface area (Å²) in [5.74, 6) is 1.54. The third kappa shape index (κ3) is 6.21.